The van der Waals surface area contributed by atoms with Gasteiger partial charge in [0.25, 0.3) is 0 Å². The highest BCUT2D eigenvalue weighted by molar-refractivity contribution is 7.99. The summed E-state index contributed by atoms with van der Waals surface area (Å²) in [7, 11) is 1.28. The van der Waals surface area contributed by atoms with Crippen LogP contribution in [0, 0.1) is 0 Å². The van der Waals surface area contributed by atoms with Crippen LogP contribution in [0.2, 0.25) is 0 Å². The van der Waals surface area contributed by atoms with Crippen molar-refractivity contribution >= 4 is 17.7 Å². The van der Waals surface area contributed by atoms with Gasteiger partial charge in [0.05, 0.1) is 13.2 Å². The molecule has 1 heterocycles. The summed E-state index contributed by atoms with van der Waals surface area (Å²) in [4.78, 5) is 11.1. The molecule has 1 rings (SSSR count). The lowest BCUT2D eigenvalue weighted by Crippen LogP contribution is -2.39. The van der Waals surface area contributed by atoms with Gasteiger partial charge in [0.15, 0.2) is 5.60 Å². The first-order valence-corrected chi connectivity index (χ1v) is 6.22. The summed E-state index contributed by atoms with van der Waals surface area (Å²) in [5.74, 6) is 0.592. The van der Waals surface area contributed by atoms with Crippen LogP contribution in [-0.2, 0) is 14.3 Å². The van der Waals surface area contributed by atoms with Gasteiger partial charge in [0.1, 0.15) is 0 Å². The lowest BCUT2D eigenvalue weighted by molar-refractivity contribution is -0.158. The molecule has 0 aromatic heterocycles. The Labute approximate surface area is 94.3 Å². The summed E-state index contributed by atoms with van der Waals surface area (Å²) >= 11 is 1.53. The van der Waals surface area contributed by atoms with Gasteiger partial charge in [-0.3, -0.25) is 0 Å². The Morgan fingerprint density at radius 1 is 1.73 bits per heavy atom. The van der Waals surface area contributed by atoms with E-state index in [1.807, 2.05) is 0 Å². The Morgan fingerprint density at radius 3 is 3.00 bits per heavy atom. The number of thioether (sulfide) groups is 1. The summed E-state index contributed by atoms with van der Waals surface area (Å²) in [6.45, 7) is 2.31. The van der Waals surface area contributed by atoms with Crippen molar-refractivity contribution in [3.63, 3.8) is 0 Å². The third-order valence-electron chi connectivity index (χ3n) is 2.34. The SMILES string of the molecule is COC(=O)C(C)(O)CSCC1CCCO1. The first kappa shape index (κ1) is 12.8. The van der Waals surface area contributed by atoms with E-state index in [1.54, 1.807) is 0 Å². The number of esters is 1. The second-order valence-electron chi connectivity index (χ2n) is 3.92. The quantitative estimate of drug-likeness (QED) is 0.714. The molecule has 1 aliphatic rings. The molecule has 2 unspecified atom stereocenters. The van der Waals surface area contributed by atoms with Crippen LogP contribution >= 0.6 is 11.8 Å². The van der Waals surface area contributed by atoms with Crippen LogP contribution in [0.1, 0.15) is 19.8 Å². The molecule has 0 spiro atoms. The van der Waals surface area contributed by atoms with Gasteiger partial charge in [0.2, 0.25) is 0 Å². The standard InChI is InChI=1S/C10H18O4S/c1-10(12,9(11)13-2)7-15-6-8-4-3-5-14-8/h8,12H,3-7H2,1-2H3. The van der Waals surface area contributed by atoms with E-state index < -0.39 is 11.6 Å². The highest BCUT2D eigenvalue weighted by Crippen LogP contribution is 2.20. The summed E-state index contributed by atoms with van der Waals surface area (Å²) in [5.41, 5.74) is -1.39. The minimum absolute atomic E-state index is 0.281. The number of rotatable bonds is 5. The van der Waals surface area contributed by atoms with Crippen molar-refractivity contribution in [2.45, 2.75) is 31.5 Å². The molecule has 0 aromatic carbocycles. The molecule has 0 saturated carbocycles. The predicted octanol–water partition coefficient (Wildman–Crippen LogP) is 0.823. The van der Waals surface area contributed by atoms with Crippen LogP contribution in [0.3, 0.4) is 0 Å². The number of hydrogen-bond acceptors (Lipinski definition) is 5. The molecule has 1 N–H and O–H groups in total. The maximum Gasteiger partial charge on any atom is 0.338 e. The van der Waals surface area contributed by atoms with Gasteiger partial charge in [-0.25, -0.2) is 4.79 Å². The van der Waals surface area contributed by atoms with Crippen LogP contribution in [-0.4, -0.2) is 48.0 Å². The van der Waals surface area contributed by atoms with Crippen LogP contribution in [0.25, 0.3) is 0 Å². The van der Waals surface area contributed by atoms with Crippen molar-refractivity contribution in [2.75, 3.05) is 25.2 Å². The van der Waals surface area contributed by atoms with E-state index in [9.17, 15) is 9.90 Å². The number of carbonyl (C=O) groups excluding carboxylic acids is 1. The Kier molecular flexibility index (Phi) is 4.89. The first-order chi connectivity index (χ1) is 7.06. The van der Waals surface area contributed by atoms with Gasteiger partial charge >= 0.3 is 5.97 Å². The van der Waals surface area contributed by atoms with Crippen LogP contribution < -0.4 is 0 Å². The zero-order chi connectivity index (χ0) is 11.3. The minimum Gasteiger partial charge on any atom is -0.467 e. The van der Waals surface area contributed by atoms with Gasteiger partial charge in [-0.15, -0.1) is 0 Å². The monoisotopic (exact) mass is 234 g/mol. The van der Waals surface area contributed by atoms with Crippen molar-refractivity contribution < 1.29 is 19.4 Å². The van der Waals surface area contributed by atoms with Crippen LogP contribution in [0.5, 0.6) is 0 Å². The average molecular weight is 234 g/mol. The van der Waals surface area contributed by atoms with Gasteiger partial charge in [-0.05, 0) is 19.8 Å². The van der Waals surface area contributed by atoms with Crippen LogP contribution in [0.15, 0.2) is 0 Å². The normalized spacial score (nSPS) is 24.9. The molecule has 1 saturated heterocycles. The molecule has 0 aromatic rings. The van der Waals surface area contributed by atoms with Crippen molar-refractivity contribution in [2.24, 2.45) is 0 Å². The lowest BCUT2D eigenvalue weighted by Gasteiger charge is -2.20. The van der Waals surface area contributed by atoms with E-state index >= 15 is 0 Å². The van der Waals surface area contributed by atoms with E-state index in [2.05, 4.69) is 4.74 Å². The Balaban J connectivity index is 2.20. The molecular weight excluding hydrogens is 216 g/mol. The minimum atomic E-state index is -1.39. The van der Waals surface area contributed by atoms with E-state index in [1.165, 1.54) is 25.8 Å². The predicted molar refractivity (Wildman–Crippen MR) is 58.9 cm³/mol. The zero-order valence-corrected chi connectivity index (χ0v) is 10.0. The summed E-state index contributed by atoms with van der Waals surface area (Å²) in [6, 6.07) is 0. The lowest BCUT2D eigenvalue weighted by atomic mass is 10.1. The molecule has 5 heteroatoms. The highest BCUT2D eigenvalue weighted by Gasteiger charge is 2.31. The number of aliphatic hydroxyl groups is 1. The van der Waals surface area contributed by atoms with E-state index in [4.69, 9.17) is 4.74 Å². The fourth-order valence-electron chi connectivity index (χ4n) is 1.44. The Bertz CT molecular complexity index is 211. The molecule has 0 radical (unpaired) electrons. The Hall–Kier alpha value is -0.260. The molecular formula is C10H18O4S. The maximum atomic E-state index is 11.1. The largest absolute Gasteiger partial charge is 0.467 e. The topological polar surface area (TPSA) is 55.8 Å². The third-order valence-corrected chi connectivity index (χ3v) is 3.71. The number of hydrogen-bond donors (Lipinski definition) is 1. The molecule has 2 atom stereocenters. The van der Waals surface area contributed by atoms with E-state index in [0.717, 1.165) is 25.2 Å². The number of ether oxygens (including phenoxy) is 2. The second kappa shape index (κ2) is 5.72. The molecule has 88 valence electrons. The summed E-state index contributed by atoms with van der Waals surface area (Å²) in [5, 5.41) is 9.72. The van der Waals surface area contributed by atoms with E-state index in [0.29, 0.717) is 5.75 Å². The smallest absolute Gasteiger partial charge is 0.338 e. The number of carbonyl (C=O) groups is 1. The molecule has 0 bridgehead atoms. The summed E-state index contributed by atoms with van der Waals surface area (Å²) < 4.78 is 9.94. The van der Waals surface area contributed by atoms with Crippen molar-refractivity contribution in [3.05, 3.63) is 0 Å². The average Bonchev–Trinajstić information content (AvgIpc) is 2.69. The van der Waals surface area contributed by atoms with Gasteiger partial charge in [-0.1, -0.05) is 0 Å². The molecule has 0 aliphatic carbocycles. The molecule has 4 nitrogen and oxygen atoms in total. The van der Waals surface area contributed by atoms with Gasteiger partial charge < -0.3 is 14.6 Å². The Morgan fingerprint density at radius 2 is 2.47 bits per heavy atom. The molecule has 1 fully saturated rings. The second-order valence-corrected chi connectivity index (χ2v) is 4.95. The first-order valence-electron chi connectivity index (χ1n) is 5.06. The van der Waals surface area contributed by atoms with Gasteiger partial charge in [0, 0.05) is 18.1 Å². The van der Waals surface area contributed by atoms with Gasteiger partial charge in [-0.2, -0.15) is 11.8 Å². The van der Waals surface area contributed by atoms with Crippen molar-refractivity contribution in [3.8, 4) is 0 Å². The van der Waals surface area contributed by atoms with Crippen molar-refractivity contribution in [1.82, 2.24) is 0 Å². The highest BCUT2D eigenvalue weighted by atomic mass is 32.2. The molecule has 15 heavy (non-hydrogen) atoms. The number of methoxy groups -OCH3 is 1. The zero-order valence-electron chi connectivity index (χ0n) is 9.19. The molecule has 1 aliphatic heterocycles. The van der Waals surface area contributed by atoms with Crippen molar-refractivity contribution in [1.29, 1.82) is 0 Å². The van der Waals surface area contributed by atoms with Crippen LogP contribution in [0.4, 0.5) is 0 Å². The molecule has 0 amide bonds. The fraction of sp³-hybridized carbons (Fsp3) is 0.900. The summed E-state index contributed by atoms with van der Waals surface area (Å²) in [6.07, 6.45) is 2.47. The fourth-order valence-corrected chi connectivity index (χ4v) is 2.60. The maximum absolute atomic E-state index is 11.1. The third kappa shape index (κ3) is 4.01. The van der Waals surface area contributed by atoms with E-state index in [-0.39, 0.29) is 6.10 Å².